The van der Waals surface area contributed by atoms with Gasteiger partial charge in [0.25, 0.3) is 0 Å². The lowest BCUT2D eigenvalue weighted by Crippen LogP contribution is -2.29. The second-order valence-corrected chi connectivity index (χ2v) is 2.41. The first-order valence-corrected chi connectivity index (χ1v) is 3.41. The van der Waals surface area contributed by atoms with E-state index >= 15 is 0 Å². The molecular formula is C5H10ClN3. The van der Waals surface area contributed by atoms with E-state index in [1.54, 1.807) is 10.8 Å². The molecule has 3 nitrogen and oxygen atoms in total. The third-order valence-corrected chi connectivity index (χ3v) is 1.57. The molecule has 1 aliphatic rings. The monoisotopic (exact) mass is 147 g/mol. The molecular weight excluding hydrogens is 138 g/mol. The largest absolute Gasteiger partial charge is 0.285 e. The van der Waals surface area contributed by atoms with Gasteiger partial charge in [-0.3, -0.25) is 5.43 Å². The molecule has 1 aliphatic heterocycles. The summed E-state index contributed by atoms with van der Waals surface area (Å²) in [5, 5.41) is 3.78. The van der Waals surface area contributed by atoms with Gasteiger partial charge in [0.15, 0.2) is 0 Å². The molecule has 1 N–H and O–H groups in total. The smallest absolute Gasteiger partial charge is 0.131 e. The Kier molecular flexibility index (Phi) is 2.16. The fourth-order valence-corrected chi connectivity index (χ4v) is 0.956. The van der Waals surface area contributed by atoms with Crippen molar-refractivity contribution in [2.75, 3.05) is 0 Å². The second kappa shape index (κ2) is 2.92. The van der Waals surface area contributed by atoms with Gasteiger partial charge in [-0.25, -0.2) is 4.42 Å². The van der Waals surface area contributed by atoms with Gasteiger partial charge in [-0.15, -0.1) is 0 Å². The Labute approximate surface area is 59.8 Å². The Morgan fingerprint density at radius 3 is 3.11 bits per heavy atom. The van der Waals surface area contributed by atoms with Crippen LogP contribution in [0.25, 0.3) is 0 Å². The van der Waals surface area contributed by atoms with E-state index in [-0.39, 0.29) is 6.17 Å². The van der Waals surface area contributed by atoms with E-state index in [1.807, 2.05) is 0 Å². The first-order chi connectivity index (χ1) is 4.34. The van der Waals surface area contributed by atoms with Gasteiger partial charge in [0.05, 0.1) is 0 Å². The normalized spacial score (nSPS) is 24.7. The van der Waals surface area contributed by atoms with Crippen LogP contribution in [0.2, 0.25) is 0 Å². The van der Waals surface area contributed by atoms with Gasteiger partial charge >= 0.3 is 0 Å². The Morgan fingerprint density at radius 1 is 1.89 bits per heavy atom. The van der Waals surface area contributed by atoms with E-state index in [0.717, 1.165) is 12.8 Å². The number of rotatable bonds is 2. The van der Waals surface area contributed by atoms with Crippen LogP contribution in [0.1, 0.15) is 19.8 Å². The Morgan fingerprint density at radius 2 is 2.67 bits per heavy atom. The van der Waals surface area contributed by atoms with E-state index < -0.39 is 0 Å². The summed E-state index contributed by atoms with van der Waals surface area (Å²) in [4.78, 5) is 0. The van der Waals surface area contributed by atoms with Crippen molar-refractivity contribution in [3.05, 3.63) is 0 Å². The molecule has 0 aliphatic carbocycles. The SMILES string of the molecule is CCCC1NN=CN1Cl. The number of hydrogen-bond acceptors (Lipinski definition) is 3. The van der Waals surface area contributed by atoms with Crippen LogP contribution in [0.3, 0.4) is 0 Å². The summed E-state index contributed by atoms with van der Waals surface area (Å²) in [6.07, 6.45) is 3.94. The number of hydrazone groups is 1. The minimum atomic E-state index is 0.205. The molecule has 0 radical (unpaired) electrons. The van der Waals surface area contributed by atoms with Gasteiger partial charge in [0, 0.05) is 11.8 Å². The fraction of sp³-hybridized carbons (Fsp3) is 0.800. The van der Waals surface area contributed by atoms with Gasteiger partial charge in [0.2, 0.25) is 0 Å². The van der Waals surface area contributed by atoms with Crippen molar-refractivity contribution in [2.45, 2.75) is 25.9 Å². The molecule has 1 atom stereocenters. The minimum absolute atomic E-state index is 0.205. The fourth-order valence-electron chi connectivity index (χ4n) is 0.771. The summed E-state index contributed by atoms with van der Waals surface area (Å²) in [5.41, 5.74) is 2.87. The molecule has 1 heterocycles. The lowest BCUT2D eigenvalue weighted by molar-refractivity contribution is 0.402. The van der Waals surface area contributed by atoms with Crippen LogP contribution in [0, 0.1) is 0 Å². The van der Waals surface area contributed by atoms with Gasteiger partial charge in [0.1, 0.15) is 12.5 Å². The van der Waals surface area contributed by atoms with Crippen molar-refractivity contribution in [3.63, 3.8) is 0 Å². The zero-order chi connectivity index (χ0) is 6.69. The number of nitrogens with one attached hydrogen (secondary N) is 1. The number of nitrogens with zero attached hydrogens (tertiary/aromatic N) is 2. The van der Waals surface area contributed by atoms with Crippen LogP contribution >= 0.6 is 11.8 Å². The standard InChI is InChI=1S/C5H10ClN3/c1-2-3-5-8-7-4-9(5)6/h4-5,8H,2-3H2,1H3. The summed E-state index contributed by atoms with van der Waals surface area (Å²) in [6, 6.07) is 0. The predicted molar refractivity (Wildman–Crippen MR) is 38.0 cm³/mol. The molecule has 0 aromatic heterocycles. The van der Waals surface area contributed by atoms with Crippen molar-refractivity contribution in [1.29, 1.82) is 0 Å². The molecule has 1 rings (SSSR count). The van der Waals surface area contributed by atoms with E-state index in [4.69, 9.17) is 11.8 Å². The first-order valence-electron chi connectivity index (χ1n) is 3.07. The molecule has 9 heavy (non-hydrogen) atoms. The van der Waals surface area contributed by atoms with Gasteiger partial charge < -0.3 is 0 Å². The highest BCUT2D eigenvalue weighted by Gasteiger charge is 2.15. The average molecular weight is 148 g/mol. The summed E-state index contributed by atoms with van der Waals surface area (Å²) in [6.45, 7) is 2.12. The number of halogens is 1. The van der Waals surface area contributed by atoms with Crippen LogP contribution in [0.5, 0.6) is 0 Å². The summed E-state index contributed by atoms with van der Waals surface area (Å²) < 4.78 is 1.56. The highest BCUT2D eigenvalue weighted by Crippen LogP contribution is 2.08. The van der Waals surface area contributed by atoms with Crippen LogP contribution < -0.4 is 5.43 Å². The molecule has 0 fully saturated rings. The van der Waals surface area contributed by atoms with Crippen molar-refractivity contribution >= 4 is 18.1 Å². The molecule has 1 unspecified atom stereocenters. The average Bonchev–Trinajstić information content (AvgIpc) is 2.18. The molecule has 0 saturated heterocycles. The molecule has 0 aromatic rings. The Balaban J connectivity index is 2.28. The number of hydrogen-bond donors (Lipinski definition) is 1. The van der Waals surface area contributed by atoms with E-state index in [9.17, 15) is 0 Å². The molecule has 0 spiro atoms. The van der Waals surface area contributed by atoms with E-state index in [2.05, 4.69) is 17.5 Å². The molecule has 0 aromatic carbocycles. The summed E-state index contributed by atoms with van der Waals surface area (Å²) in [7, 11) is 0. The Bertz CT molecular complexity index is 115. The van der Waals surface area contributed by atoms with Crippen molar-refractivity contribution in [1.82, 2.24) is 9.84 Å². The van der Waals surface area contributed by atoms with Crippen molar-refractivity contribution in [3.8, 4) is 0 Å². The van der Waals surface area contributed by atoms with Crippen molar-refractivity contribution < 1.29 is 0 Å². The van der Waals surface area contributed by atoms with Gasteiger partial charge in [-0.2, -0.15) is 5.10 Å². The quantitative estimate of drug-likeness (QED) is 0.593. The van der Waals surface area contributed by atoms with Crippen LogP contribution in [0.15, 0.2) is 5.10 Å². The van der Waals surface area contributed by atoms with Crippen LogP contribution in [-0.4, -0.2) is 16.9 Å². The maximum atomic E-state index is 5.68. The van der Waals surface area contributed by atoms with Crippen LogP contribution in [0.4, 0.5) is 0 Å². The molecule has 0 bridgehead atoms. The predicted octanol–water partition coefficient (Wildman–Crippen LogP) is 1.11. The topological polar surface area (TPSA) is 27.6 Å². The summed E-state index contributed by atoms with van der Waals surface area (Å²) in [5.74, 6) is 0. The second-order valence-electron chi connectivity index (χ2n) is 2.02. The zero-order valence-corrected chi connectivity index (χ0v) is 6.10. The molecule has 0 saturated carbocycles. The molecule has 4 heteroatoms. The summed E-state index contributed by atoms with van der Waals surface area (Å²) >= 11 is 5.68. The zero-order valence-electron chi connectivity index (χ0n) is 5.34. The van der Waals surface area contributed by atoms with Crippen LogP contribution in [-0.2, 0) is 0 Å². The molecule has 0 amide bonds. The Hall–Kier alpha value is -0.440. The minimum Gasteiger partial charge on any atom is -0.285 e. The first kappa shape index (κ1) is 6.68. The van der Waals surface area contributed by atoms with Gasteiger partial charge in [-0.05, 0) is 6.42 Å². The molecule has 52 valence electrons. The van der Waals surface area contributed by atoms with Crippen molar-refractivity contribution in [2.24, 2.45) is 5.10 Å². The van der Waals surface area contributed by atoms with E-state index in [1.165, 1.54) is 0 Å². The highest BCUT2D eigenvalue weighted by molar-refractivity contribution is 6.19. The maximum Gasteiger partial charge on any atom is 0.131 e. The lowest BCUT2D eigenvalue weighted by atomic mass is 10.3. The third-order valence-electron chi connectivity index (χ3n) is 1.25. The lowest BCUT2D eigenvalue weighted by Gasteiger charge is -2.14. The highest BCUT2D eigenvalue weighted by atomic mass is 35.5. The van der Waals surface area contributed by atoms with Gasteiger partial charge in [-0.1, -0.05) is 13.3 Å². The van der Waals surface area contributed by atoms with E-state index in [0.29, 0.717) is 0 Å². The third kappa shape index (κ3) is 1.48. The maximum absolute atomic E-state index is 5.68.